The summed E-state index contributed by atoms with van der Waals surface area (Å²) in [7, 11) is 0. The summed E-state index contributed by atoms with van der Waals surface area (Å²) in [4.78, 5) is 28.3. The van der Waals surface area contributed by atoms with Crippen molar-refractivity contribution in [3.05, 3.63) is 0 Å². The number of nitrogens with zero attached hydrogens (tertiary/aromatic N) is 1. The van der Waals surface area contributed by atoms with Gasteiger partial charge in [-0.25, -0.2) is 5.06 Å². The zero-order valence-corrected chi connectivity index (χ0v) is 10.6. The number of carbonyl (C=O) groups is 2. The number of rotatable bonds is 2. The first-order valence-electron chi connectivity index (χ1n) is 6.06. The number of hydrogen-bond donors (Lipinski definition) is 0. The summed E-state index contributed by atoms with van der Waals surface area (Å²) >= 11 is 0. The van der Waals surface area contributed by atoms with Crippen molar-refractivity contribution in [1.82, 2.24) is 5.06 Å². The average molecular weight is 241 g/mol. The van der Waals surface area contributed by atoms with Crippen LogP contribution in [0, 0.1) is 0 Å². The summed E-state index contributed by atoms with van der Waals surface area (Å²) in [5, 5.41) is 1.42. The highest BCUT2D eigenvalue weighted by Gasteiger charge is 2.42. The number of ether oxygens (including phenoxy) is 1. The summed E-state index contributed by atoms with van der Waals surface area (Å²) in [6.45, 7) is 5.50. The molecule has 2 heterocycles. The Balaban J connectivity index is 1.80. The fourth-order valence-corrected chi connectivity index (χ4v) is 2.13. The van der Waals surface area contributed by atoms with Crippen molar-refractivity contribution >= 4 is 11.9 Å². The maximum absolute atomic E-state index is 11.6. The SMILES string of the molecule is CC(C)(C)OC(=O)C[C@H]1CC[C@@H]2CC(=O)N2O1. The molecule has 2 aliphatic rings. The van der Waals surface area contributed by atoms with Crippen molar-refractivity contribution in [3.63, 3.8) is 0 Å². The summed E-state index contributed by atoms with van der Waals surface area (Å²) in [6, 6.07) is 0.234. The van der Waals surface area contributed by atoms with Crippen LogP contribution in [-0.2, 0) is 19.2 Å². The van der Waals surface area contributed by atoms with Crippen LogP contribution in [0.25, 0.3) is 0 Å². The van der Waals surface area contributed by atoms with Gasteiger partial charge in [0.25, 0.3) is 0 Å². The Morgan fingerprint density at radius 3 is 2.76 bits per heavy atom. The van der Waals surface area contributed by atoms with E-state index in [-0.39, 0.29) is 30.4 Å². The molecule has 0 bridgehead atoms. The fraction of sp³-hybridized carbons (Fsp3) is 0.833. The first-order chi connectivity index (χ1) is 7.85. The Labute approximate surface area is 101 Å². The number of β-lactam (4-membered cyclic amide) rings is 1. The summed E-state index contributed by atoms with van der Waals surface area (Å²) in [5.41, 5.74) is -0.471. The third kappa shape index (κ3) is 2.97. The molecular formula is C12H19NO4. The molecule has 0 unspecified atom stereocenters. The van der Waals surface area contributed by atoms with Crippen LogP contribution >= 0.6 is 0 Å². The quantitative estimate of drug-likeness (QED) is 0.542. The highest BCUT2D eigenvalue weighted by molar-refractivity contribution is 5.82. The number of hydrogen-bond acceptors (Lipinski definition) is 4. The second-order valence-corrected chi connectivity index (χ2v) is 5.67. The van der Waals surface area contributed by atoms with E-state index < -0.39 is 5.60 Å². The van der Waals surface area contributed by atoms with Crippen LogP contribution in [-0.4, -0.2) is 34.7 Å². The molecular weight excluding hydrogens is 222 g/mol. The van der Waals surface area contributed by atoms with E-state index >= 15 is 0 Å². The van der Waals surface area contributed by atoms with E-state index in [9.17, 15) is 9.59 Å². The number of esters is 1. The van der Waals surface area contributed by atoms with Crippen molar-refractivity contribution in [2.45, 2.75) is 64.2 Å². The van der Waals surface area contributed by atoms with Crippen molar-refractivity contribution in [3.8, 4) is 0 Å². The topological polar surface area (TPSA) is 55.8 Å². The Morgan fingerprint density at radius 1 is 1.47 bits per heavy atom. The van der Waals surface area contributed by atoms with Gasteiger partial charge in [0.15, 0.2) is 0 Å². The zero-order valence-electron chi connectivity index (χ0n) is 10.6. The smallest absolute Gasteiger partial charge is 0.309 e. The third-order valence-electron chi connectivity index (χ3n) is 2.89. The molecule has 5 heteroatoms. The van der Waals surface area contributed by atoms with E-state index in [1.165, 1.54) is 5.06 Å². The van der Waals surface area contributed by atoms with Crippen LogP contribution in [0.3, 0.4) is 0 Å². The van der Waals surface area contributed by atoms with Gasteiger partial charge in [0.05, 0.1) is 25.0 Å². The molecule has 0 aromatic carbocycles. The normalized spacial score (nSPS) is 28.4. The van der Waals surface area contributed by atoms with Gasteiger partial charge in [-0.3, -0.25) is 14.4 Å². The van der Waals surface area contributed by atoms with Gasteiger partial charge in [-0.1, -0.05) is 0 Å². The van der Waals surface area contributed by atoms with E-state index in [4.69, 9.17) is 9.57 Å². The molecule has 0 spiro atoms. The lowest BCUT2D eigenvalue weighted by Crippen LogP contribution is -2.57. The van der Waals surface area contributed by atoms with E-state index in [0.29, 0.717) is 6.42 Å². The van der Waals surface area contributed by atoms with Gasteiger partial charge in [0.1, 0.15) is 5.60 Å². The molecule has 1 amide bonds. The minimum atomic E-state index is -0.471. The summed E-state index contributed by atoms with van der Waals surface area (Å²) in [6.07, 6.45) is 2.31. The molecule has 0 saturated carbocycles. The minimum absolute atomic E-state index is 0.0175. The molecule has 0 aliphatic carbocycles. The molecule has 5 nitrogen and oxygen atoms in total. The molecule has 0 aromatic heterocycles. The predicted molar refractivity (Wildman–Crippen MR) is 59.8 cm³/mol. The molecule has 2 saturated heterocycles. The van der Waals surface area contributed by atoms with Crippen molar-refractivity contribution in [1.29, 1.82) is 0 Å². The monoisotopic (exact) mass is 241 g/mol. The lowest BCUT2D eigenvalue weighted by Gasteiger charge is -2.45. The van der Waals surface area contributed by atoms with Gasteiger partial charge in [-0.2, -0.15) is 0 Å². The second kappa shape index (κ2) is 4.29. The Kier molecular flexibility index (Phi) is 3.12. The van der Waals surface area contributed by atoms with E-state index in [1.54, 1.807) is 0 Å². The Bertz CT molecular complexity index is 334. The number of carbonyl (C=O) groups excluding carboxylic acids is 2. The van der Waals surface area contributed by atoms with E-state index in [2.05, 4.69) is 0 Å². The third-order valence-corrected chi connectivity index (χ3v) is 2.89. The molecule has 0 N–H and O–H groups in total. The van der Waals surface area contributed by atoms with Crippen LogP contribution in [0.2, 0.25) is 0 Å². The average Bonchev–Trinajstić information content (AvgIpc) is 2.16. The maximum Gasteiger partial charge on any atom is 0.309 e. The van der Waals surface area contributed by atoms with Crippen molar-refractivity contribution in [2.24, 2.45) is 0 Å². The molecule has 0 radical (unpaired) electrons. The zero-order chi connectivity index (χ0) is 12.6. The molecule has 2 fully saturated rings. The second-order valence-electron chi connectivity index (χ2n) is 5.67. The number of amides is 1. The molecule has 17 heavy (non-hydrogen) atoms. The highest BCUT2D eigenvalue weighted by atomic mass is 16.7. The van der Waals surface area contributed by atoms with Gasteiger partial charge in [0, 0.05) is 0 Å². The van der Waals surface area contributed by atoms with Gasteiger partial charge in [0.2, 0.25) is 5.91 Å². The van der Waals surface area contributed by atoms with Crippen LogP contribution in [0.15, 0.2) is 0 Å². The number of hydroxylamine groups is 2. The molecule has 0 aromatic rings. The van der Waals surface area contributed by atoms with Gasteiger partial charge >= 0.3 is 5.97 Å². The molecule has 2 atom stereocenters. The number of fused-ring (bicyclic) bond motifs is 1. The van der Waals surface area contributed by atoms with Gasteiger partial charge in [-0.05, 0) is 33.6 Å². The first kappa shape index (κ1) is 12.4. The summed E-state index contributed by atoms with van der Waals surface area (Å²) < 4.78 is 5.23. The van der Waals surface area contributed by atoms with Gasteiger partial charge < -0.3 is 4.74 Å². The largest absolute Gasteiger partial charge is 0.460 e. The van der Waals surface area contributed by atoms with Crippen molar-refractivity contribution < 1.29 is 19.2 Å². The summed E-state index contributed by atoms with van der Waals surface area (Å²) in [5.74, 6) is -0.252. The Morgan fingerprint density at radius 2 is 2.18 bits per heavy atom. The predicted octanol–water partition coefficient (Wildman–Crippen LogP) is 1.41. The molecule has 2 rings (SSSR count). The standard InChI is InChI=1S/C12H19NO4/c1-12(2,3)16-11(15)7-9-5-4-8-6-10(14)13(8)17-9/h8-9H,4-7H2,1-3H3/t8-,9-/m1/s1. The minimum Gasteiger partial charge on any atom is -0.460 e. The van der Waals surface area contributed by atoms with Crippen molar-refractivity contribution in [2.75, 3.05) is 0 Å². The van der Waals surface area contributed by atoms with E-state index in [0.717, 1.165) is 12.8 Å². The van der Waals surface area contributed by atoms with E-state index in [1.807, 2.05) is 20.8 Å². The van der Waals surface area contributed by atoms with Gasteiger partial charge in [-0.15, -0.1) is 0 Å². The molecule has 96 valence electrons. The first-order valence-corrected chi connectivity index (χ1v) is 6.06. The van der Waals surface area contributed by atoms with Crippen LogP contribution in [0.5, 0.6) is 0 Å². The van der Waals surface area contributed by atoms with Crippen LogP contribution in [0.4, 0.5) is 0 Å². The fourth-order valence-electron chi connectivity index (χ4n) is 2.13. The lowest BCUT2D eigenvalue weighted by molar-refractivity contribution is -0.269. The van der Waals surface area contributed by atoms with Crippen LogP contribution in [0.1, 0.15) is 46.5 Å². The van der Waals surface area contributed by atoms with Crippen LogP contribution < -0.4 is 0 Å². The maximum atomic E-state index is 11.6. The molecule has 2 aliphatic heterocycles. The lowest BCUT2D eigenvalue weighted by atomic mass is 9.95. The highest BCUT2D eigenvalue weighted by Crippen LogP contribution is 2.32. The Hall–Kier alpha value is -1.10.